The standard InChI is InChI=1S/C15H20N2OS/c1-10-9-17(11(2)8-16-10)15(18)14-7-12-5-3-4-6-13(12)19-14/h3-6,10-11,14,16H,7-9H2,1-2H3. The second-order valence-corrected chi connectivity index (χ2v) is 6.81. The highest BCUT2D eigenvalue weighted by Crippen LogP contribution is 2.37. The van der Waals surface area contributed by atoms with Crippen LogP contribution in [0.2, 0.25) is 0 Å². The maximum absolute atomic E-state index is 12.7. The molecule has 1 aromatic rings. The van der Waals surface area contributed by atoms with Gasteiger partial charge in [-0.15, -0.1) is 11.8 Å². The number of hydrogen-bond acceptors (Lipinski definition) is 3. The highest BCUT2D eigenvalue weighted by Gasteiger charge is 2.35. The van der Waals surface area contributed by atoms with Crippen LogP contribution in [0.15, 0.2) is 29.2 Å². The molecule has 0 radical (unpaired) electrons. The number of piperazine rings is 1. The number of fused-ring (bicyclic) bond motifs is 1. The molecule has 102 valence electrons. The van der Waals surface area contributed by atoms with Crippen LogP contribution in [0.1, 0.15) is 19.4 Å². The van der Waals surface area contributed by atoms with Crippen LogP contribution in [0.3, 0.4) is 0 Å². The average molecular weight is 276 g/mol. The Morgan fingerprint density at radius 1 is 1.37 bits per heavy atom. The van der Waals surface area contributed by atoms with Gasteiger partial charge >= 0.3 is 0 Å². The van der Waals surface area contributed by atoms with Crippen molar-refractivity contribution in [2.24, 2.45) is 0 Å². The van der Waals surface area contributed by atoms with Crippen LogP contribution in [0.5, 0.6) is 0 Å². The van der Waals surface area contributed by atoms with Gasteiger partial charge in [0.05, 0.1) is 5.25 Å². The predicted octanol–water partition coefficient (Wildman–Crippen LogP) is 1.91. The van der Waals surface area contributed by atoms with Gasteiger partial charge in [0.1, 0.15) is 0 Å². The maximum atomic E-state index is 12.7. The summed E-state index contributed by atoms with van der Waals surface area (Å²) < 4.78 is 0. The largest absolute Gasteiger partial charge is 0.336 e. The lowest BCUT2D eigenvalue weighted by atomic mass is 10.1. The summed E-state index contributed by atoms with van der Waals surface area (Å²) in [6.45, 7) is 6.00. The zero-order valence-corrected chi connectivity index (χ0v) is 12.2. The second kappa shape index (κ2) is 5.17. The zero-order chi connectivity index (χ0) is 13.4. The molecule has 0 saturated carbocycles. The molecule has 3 rings (SSSR count). The molecule has 0 spiro atoms. The Balaban J connectivity index is 1.72. The number of carbonyl (C=O) groups excluding carboxylic acids is 1. The molecule has 0 aromatic heterocycles. The lowest BCUT2D eigenvalue weighted by molar-refractivity contribution is -0.134. The van der Waals surface area contributed by atoms with Crippen molar-refractivity contribution in [3.8, 4) is 0 Å². The SMILES string of the molecule is CC1CN(C(=O)C2Cc3ccccc3S2)C(C)CN1. The van der Waals surface area contributed by atoms with E-state index in [0.717, 1.165) is 19.5 Å². The average Bonchev–Trinajstić information content (AvgIpc) is 2.84. The third-order valence-electron chi connectivity index (χ3n) is 3.97. The van der Waals surface area contributed by atoms with Gasteiger partial charge in [-0.3, -0.25) is 4.79 Å². The van der Waals surface area contributed by atoms with Gasteiger partial charge in [-0.25, -0.2) is 0 Å². The minimum atomic E-state index is 0.0742. The van der Waals surface area contributed by atoms with Crippen molar-refractivity contribution in [2.45, 2.75) is 42.5 Å². The van der Waals surface area contributed by atoms with E-state index in [1.807, 2.05) is 6.07 Å². The first-order chi connectivity index (χ1) is 9.15. The summed E-state index contributed by atoms with van der Waals surface area (Å²) in [5.41, 5.74) is 1.32. The topological polar surface area (TPSA) is 32.3 Å². The van der Waals surface area contributed by atoms with Crippen molar-refractivity contribution < 1.29 is 4.79 Å². The van der Waals surface area contributed by atoms with Gasteiger partial charge in [-0.2, -0.15) is 0 Å². The number of benzene rings is 1. The van der Waals surface area contributed by atoms with E-state index in [-0.39, 0.29) is 5.25 Å². The quantitative estimate of drug-likeness (QED) is 0.850. The number of thioether (sulfide) groups is 1. The molecule has 19 heavy (non-hydrogen) atoms. The van der Waals surface area contributed by atoms with Crippen LogP contribution in [0, 0.1) is 0 Å². The third kappa shape index (κ3) is 2.51. The summed E-state index contributed by atoms with van der Waals surface area (Å²) in [6, 6.07) is 9.06. The van der Waals surface area contributed by atoms with Crippen molar-refractivity contribution in [1.82, 2.24) is 10.2 Å². The number of hydrogen-bond donors (Lipinski definition) is 1. The van der Waals surface area contributed by atoms with Crippen LogP contribution in [0.25, 0.3) is 0 Å². The van der Waals surface area contributed by atoms with Crippen molar-refractivity contribution in [2.75, 3.05) is 13.1 Å². The van der Waals surface area contributed by atoms with E-state index in [4.69, 9.17) is 0 Å². The molecule has 3 nitrogen and oxygen atoms in total. The van der Waals surface area contributed by atoms with Gasteiger partial charge in [-0.1, -0.05) is 18.2 Å². The Kier molecular flexibility index (Phi) is 3.54. The number of nitrogens with one attached hydrogen (secondary N) is 1. The second-order valence-electron chi connectivity index (χ2n) is 5.57. The number of amides is 1. The molecule has 2 heterocycles. The fraction of sp³-hybridized carbons (Fsp3) is 0.533. The lowest BCUT2D eigenvalue weighted by Gasteiger charge is -2.38. The van der Waals surface area contributed by atoms with Crippen LogP contribution in [0.4, 0.5) is 0 Å². The summed E-state index contributed by atoms with van der Waals surface area (Å²) in [5, 5.41) is 3.50. The molecule has 4 heteroatoms. The molecule has 0 bridgehead atoms. The van der Waals surface area contributed by atoms with E-state index in [1.165, 1.54) is 10.5 Å². The summed E-state index contributed by atoms with van der Waals surface area (Å²) in [5.74, 6) is 0.307. The molecule has 2 aliphatic heterocycles. The Hall–Kier alpha value is -1.00. The van der Waals surface area contributed by atoms with Crippen LogP contribution >= 0.6 is 11.8 Å². The van der Waals surface area contributed by atoms with E-state index in [2.05, 4.69) is 42.3 Å². The monoisotopic (exact) mass is 276 g/mol. The van der Waals surface area contributed by atoms with Crippen molar-refractivity contribution in [1.29, 1.82) is 0 Å². The first-order valence-corrected chi connectivity index (χ1v) is 7.81. The van der Waals surface area contributed by atoms with Crippen molar-refractivity contribution >= 4 is 17.7 Å². The summed E-state index contributed by atoms with van der Waals surface area (Å²) in [6.07, 6.45) is 0.880. The third-order valence-corrected chi connectivity index (χ3v) is 5.28. The minimum absolute atomic E-state index is 0.0742. The van der Waals surface area contributed by atoms with Gasteiger partial charge in [-0.05, 0) is 31.9 Å². The minimum Gasteiger partial charge on any atom is -0.336 e. The molecule has 1 N–H and O–H groups in total. The van der Waals surface area contributed by atoms with E-state index in [1.54, 1.807) is 11.8 Å². The number of nitrogens with zero attached hydrogens (tertiary/aromatic N) is 1. The Morgan fingerprint density at radius 3 is 2.95 bits per heavy atom. The lowest BCUT2D eigenvalue weighted by Crippen LogP contribution is -2.57. The normalized spacial score (nSPS) is 30.2. The molecule has 1 saturated heterocycles. The van der Waals surface area contributed by atoms with Crippen LogP contribution < -0.4 is 5.32 Å². The molecule has 0 aliphatic carbocycles. The van der Waals surface area contributed by atoms with Crippen LogP contribution in [-0.4, -0.2) is 41.2 Å². The van der Waals surface area contributed by atoms with Gasteiger partial charge in [0.25, 0.3) is 0 Å². The molecule has 1 aromatic carbocycles. The molecule has 1 amide bonds. The first kappa shape index (κ1) is 13.0. The fourth-order valence-corrected chi connectivity index (χ4v) is 4.10. The van der Waals surface area contributed by atoms with Crippen LogP contribution in [-0.2, 0) is 11.2 Å². The highest BCUT2D eigenvalue weighted by atomic mass is 32.2. The zero-order valence-electron chi connectivity index (χ0n) is 11.4. The van der Waals surface area contributed by atoms with E-state index < -0.39 is 0 Å². The number of rotatable bonds is 1. The maximum Gasteiger partial charge on any atom is 0.236 e. The van der Waals surface area contributed by atoms with Gasteiger partial charge < -0.3 is 10.2 Å². The molecule has 2 aliphatic rings. The summed E-state index contributed by atoms with van der Waals surface area (Å²) in [7, 11) is 0. The molecule has 3 unspecified atom stereocenters. The summed E-state index contributed by atoms with van der Waals surface area (Å²) >= 11 is 1.73. The van der Waals surface area contributed by atoms with Gasteiger partial charge in [0.2, 0.25) is 5.91 Å². The Labute approximate surface area is 118 Å². The Bertz CT molecular complexity index is 466. The highest BCUT2D eigenvalue weighted by molar-refractivity contribution is 8.01. The molecule has 1 fully saturated rings. The van der Waals surface area contributed by atoms with E-state index >= 15 is 0 Å². The van der Waals surface area contributed by atoms with E-state index in [0.29, 0.717) is 18.0 Å². The smallest absolute Gasteiger partial charge is 0.236 e. The number of carbonyl (C=O) groups is 1. The van der Waals surface area contributed by atoms with Crippen molar-refractivity contribution in [3.63, 3.8) is 0 Å². The van der Waals surface area contributed by atoms with Gasteiger partial charge in [0, 0.05) is 30.1 Å². The molecule has 3 atom stereocenters. The Morgan fingerprint density at radius 2 is 2.16 bits per heavy atom. The van der Waals surface area contributed by atoms with Crippen molar-refractivity contribution in [3.05, 3.63) is 29.8 Å². The first-order valence-electron chi connectivity index (χ1n) is 6.93. The summed E-state index contributed by atoms with van der Waals surface area (Å²) in [4.78, 5) is 16.0. The van der Waals surface area contributed by atoms with Gasteiger partial charge in [0.15, 0.2) is 0 Å². The molecular formula is C15H20N2OS. The predicted molar refractivity (Wildman–Crippen MR) is 78.4 cm³/mol. The fourth-order valence-electron chi connectivity index (χ4n) is 2.83. The van der Waals surface area contributed by atoms with E-state index in [9.17, 15) is 4.79 Å². The molecular weight excluding hydrogens is 256 g/mol.